The van der Waals surface area contributed by atoms with Gasteiger partial charge in [0.15, 0.2) is 5.76 Å². The summed E-state index contributed by atoms with van der Waals surface area (Å²) in [6.45, 7) is 1.07. The third-order valence-electron chi connectivity index (χ3n) is 6.42. The highest BCUT2D eigenvalue weighted by atomic mass is 19.1. The molecule has 29 heavy (non-hydrogen) atoms. The highest BCUT2D eigenvalue weighted by Crippen LogP contribution is 2.39. The van der Waals surface area contributed by atoms with Crippen molar-refractivity contribution in [1.82, 2.24) is 10.2 Å². The molecule has 154 valence electrons. The molecule has 2 amide bonds. The van der Waals surface area contributed by atoms with Gasteiger partial charge >= 0.3 is 0 Å². The Morgan fingerprint density at radius 3 is 2.55 bits per heavy atom. The SMILES string of the molecule is O=C(NCC1(c2ccc(F)cc2)CCCCC1)C1CCCN1C(=O)c1ccco1. The molecule has 0 radical (unpaired) electrons. The van der Waals surface area contributed by atoms with E-state index in [1.807, 2.05) is 12.1 Å². The number of rotatable bonds is 5. The number of hydrogen-bond acceptors (Lipinski definition) is 3. The van der Waals surface area contributed by atoms with Gasteiger partial charge in [-0.25, -0.2) is 4.39 Å². The van der Waals surface area contributed by atoms with Crippen LogP contribution in [0.25, 0.3) is 0 Å². The van der Waals surface area contributed by atoms with Crippen LogP contribution in [0.1, 0.15) is 61.1 Å². The van der Waals surface area contributed by atoms with Gasteiger partial charge in [-0.2, -0.15) is 0 Å². The molecule has 5 nitrogen and oxygen atoms in total. The Hall–Kier alpha value is -2.63. The van der Waals surface area contributed by atoms with Gasteiger partial charge in [-0.1, -0.05) is 31.4 Å². The van der Waals surface area contributed by atoms with Gasteiger partial charge in [-0.15, -0.1) is 0 Å². The fourth-order valence-electron chi connectivity index (χ4n) is 4.80. The van der Waals surface area contributed by atoms with Crippen LogP contribution in [-0.4, -0.2) is 35.8 Å². The van der Waals surface area contributed by atoms with Gasteiger partial charge in [0, 0.05) is 18.5 Å². The number of furan rings is 1. The van der Waals surface area contributed by atoms with E-state index in [1.54, 1.807) is 17.0 Å². The second-order valence-electron chi connectivity index (χ2n) is 8.20. The molecule has 1 unspecified atom stereocenters. The van der Waals surface area contributed by atoms with Crippen molar-refractivity contribution in [2.75, 3.05) is 13.1 Å². The summed E-state index contributed by atoms with van der Waals surface area (Å²) in [5.41, 5.74) is 0.907. The zero-order chi connectivity index (χ0) is 20.3. The molecule has 1 aliphatic carbocycles. The Morgan fingerprint density at radius 1 is 1.10 bits per heavy atom. The van der Waals surface area contributed by atoms with Gasteiger partial charge in [0.2, 0.25) is 5.91 Å². The maximum Gasteiger partial charge on any atom is 0.290 e. The lowest BCUT2D eigenvalue weighted by molar-refractivity contribution is -0.125. The number of hydrogen-bond donors (Lipinski definition) is 1. The molecule has 2 aliphatic rings. The summed E-state index contributed by atoms with van der Waals surface area (Å²) in [7, 11) is 0. The number of carbonyl (C=O) groups excluding carboxylic acids is 2. The highest BCUT2D eigenvalue weighted by Gasteiger charge is 2.38. The maximum absolute atomic E-state index is 13.4. The first-order valence-electron chi connectivity index (χ1n) is 10.5. The maximum atomic E-state index is 13.4. The smallest absolute Gasteiger partial charge is 0.290 e. The van der Waals surface area contributed by atoms with Crippen molar-refractivity contribution in [3.8, 4) is 0 Å². The fourth-order valence-corrected chi connectivity index (χ4v) is 4.80. The van der Waals surface area contributed by atoms with E-state index in [0.717, 1.165) is 37.7 Å². The van der Waals surface area contributed by atoms with Crippen molar-refractivity contribution in [2.45, 2.75) is 56.4 Å². The van der Waals surface area contributed by atoms with E-state index in [-0.39, 0.29) is 28.8 Å². The van der Waals surface area contributed by atoms with Crippen molar-refractivity contribution in [1.29, 1.82) is 0 Å². The Morgan fingerprint density at radius 2 is 1.86 bits per heavy atom. The van der Waals surface area contributed by atoms with Crippen molar-refractivity contribution >= 4 is 11.8 Å². The zero-order valence-corrected chi connectivity index (χ0v) is 16.5. The summed E-state index contributed by atoms with van der Waals surface area (Å²) in [6.07, 6.45) is 8.24. The van der Waals surface area contributed by atoms with Gasteiger partial charge in [0.05, 0.1) is 6.26 Å². The molecule has 1 aromatic heterocycles. The lowest BCUT2D eigenvalue weighted by Crippen LogP contribution is -2.50. The van der Waals surface area contributed by atoms with Gasteiger partial charge in [-0.05, 0) is 55.5 Å². The first-order valence-corrected chi connectivity index (χ1v) is 10.5. The molecule has 6 heteroatoms. The Bertz CT molecular complexity index is 842. The first kappa shape index (κ1) is 19.7. The van der Waals surface area contributed by atoms with Gasteiger partial charge in [-0.3, -0.25) is 9.59 Å². The largest absolute Gasteiger partial charge is 0.459 e. The van der Waals surface area contributed by atoms with Crippen LogP contribution < -0.4 is 5.32 Å². The summed E-state index contributed by atoms with van der Waals surface area (Å²) < 4.78 is 18.6. The molecule has 0 spiro atoms. The molecular weight excluding hydrogens is 371 g/mol. The predicted molar refractivity (Wildman–Crippen MR) is 107 cm³/mol. The quantitative estimate of drug-likeness (QED) is 0.827. The molecule has 2 heterocycles. The Kier molecular flexibility index (Phi) is 5.69. The minimum Gasteiger partial charge on any atom is -0.459 e. The molecule has 1 aliphatic heterocycles. The minimum absolute atomic E-state index is 0.116. The van der Waals surface area contributed by atoms with Crippen LogP contribution in [0.4, 0.5) is 4.39 Å². The molecule has 1 saturated carbocycles. The second-order valence-corrected chi connectivity index (χ2v) is 8.20. The number of carbonyl (C=O) groups is 2. The van der Waals surface area contributed by atoms with Crippen LogP contribution in [0.2, 0.25) is 0 Å². The van der Waals surface area contributed by atoms with Crippen LogP contribution in [0.3, 0.4) is 0 Å². The molecule has 1 saturated heterocycles. The van der Waals surface area contributed by atoms with Crippen molar-refractivity contribution in [3.63, 3.8) is 0 Å². The molecule has 1 atom stereocenters. The summed E-state index contributed by atoms with van der Waals surface area (Å²) in [4.78, 5) is 27.3. The van der Waals surface area contributed by atoms with Gasteiger partial charge in [0.25, 0.3) is 5.91 Å². The number of nitrogens with one attached hydrogen (secondary N) is 1. The molecule has 4 rings (SSSR count). The molecule has 2 fully saturated rings. The lowest BCUT2D eigenvalue weighted by Gasteiger charge is -2.38. The Balaban J connectivity index is 1.46. The summed E-state index contributed by atoms with van der Waals surface area (Å²) >= 11 is 0. The molecular formula is C23H27FN2O3. The first-order chi connectivity index (χ1) is 14.1. The second kappa shape index (κ2) is 8.39. The highest BCUT2D eigenvalue weighted by molar-refractivity contribution is 5.96. The average molecular weight is 398 g/mol. The third-order valence-corrected chi connectivity index (χ3v) is 6.42. The summed E-state index contributed by atoms with van der Waals surface area (Å²) in [5.74, 6) is -0.338. The van der Waals surface area contributed by atoms with Crippen molar-refractivity contribution in [2.24, 2.45) is 0 Å². The van der Waals surface area contributed by atoms with E-state index in [4.69, 9.17) is 4.42 Å². The van der Waals surface area contributed by atoms with Crippen molar-refractivity contribution in [3.05, 3.63) is 59.8 Å². The van der Waals surface area contributed by atoms with Crippen LogP contribution in [0.5, 0.6) is 0 Å². The number of likely N-dealkylation sites (tertiary alicyclic amines) is 1. The van der Waals surface area contributed by atoms with Crippen LogP contribution >= 0.6 is 0 Å². The summed E-state index contributed by atoms with van der Waals surface area (Å²) in [5, 5.41) is 3.12. The van der Waals surface area contributed by atoms with E-state index in [0.29, 0.717) is 19.5 Å². The van der Waals surface area contributed by atoms with E-state index < -0.39 is 6.04 Å². The van der Waals surface area contributed by atoms with E-state index in [1.165, 1.54) is 24.8 Å². The predicted octanol–water partition coefficient (Wildman–Crippen LogP) is 4.04. The average Bonchev–Trinajstić information content (AvgIpc) is 3.45. The van der Waals surface area contributed by atoms with E-state index >= 15 is 0 Å². The van der Waals surface area contributed by atoms with E-state index in [2.05, 4.69) is 5.32 Å². The third kappa shape index (κ3) is 4.07. The topological polar surface area (TPSA) is 62.6 Å². The fraction of sp³-hybridized carbons (Fsp3) is 0.478. The van der Waals surface area contributed by atoms with Crippen molar-refractivity contribution < 1.29 is 18.4 Å². The molecule has 1 N–H and O–H groups in total. The standard InChI is InChI=1S/C23H27FN2O3/c24-18-10-8-17(9-11-18)23(12-2-1-3-13-23)16-25-21(27)19-6-4-14-26(19)22(28)20-7-5-15-29-20/h5,7-11,15,19H,1-4,6,12-14,16H2,(H,25,27). The minimum atomic E-state index is -0.471. The van der Waals surface area contributed by atoms with Crippen LogP contribution in [0, 0.1) is 5.82 Å². The van der Waals surface area contributed by atoms with Crippen LogP contribution in [0.15, 0.2) is 47.1 Å². The number of halogens is 1. The lowest BCUT2D eigenvalue weighted by atomic mass is 9.69. The molecule has 2 aromatic rings. The summed E-state index contributed by atoms with van der Waals surface area (Å²) in [6, 6.07) is 9.50. The molecule has 0 bridgehead atoms. The zero-order valence-electron chi connectivity index (χ0n) is 16.5. The van der Waals surface area contributed by atoms with Crippen LogP contribution in [-0.2, 0) is 10.2 Å². The Labute approximate surface area is 170 Å². The number of nitrogens with zero attached hydrogens (tertiary/aromatic N) is 1. The van der Waals surface area contributed by atoms with Gasteiger partial charge in [0.1, 0.15) is 11.9 Å². The van der Waals surface area contributed by atoms with Gasteiger partial charge < -0.3 is 14.6 Å². The van der Waals surface area contributed by atoms with E-state index in [9.17, 15) is 14.0 Å². The molecule has 1 aromatic carbocycles. The number of amides is 2. The number of benzene rings is 1. The normalized spacial score (nSPS) is 21.1. The monoisotopic (exact) mass is 398 g/mol.